The van der Waals surface area contributed by atoms with Crippen molar-refractivity contribution in [3.63, 3.8) is 0 Å². The van der Waals surface area contributed by atoms with Gasteiger partial charge in [-0.3, -0.25) is 0 Å². The van der Waals surface area contributed by atoms with Gasteiger partial charge in [0.1, 0.15) is 0 Å². The molecule has 5 unspecified atom stereocenters. The van der Waals surface area contributed by atoms with Gasteiger partial charge in [-0.2, -0.15) is 0 Å². The van der Waals surface area contributed by atoms with Gasteiger partial charge in [-0.15, -0.1) is 0 Å². The van der Waals surface area contributed by atoms with Crippen LogP contribution in [0.4, 0.5) is 0 Å². The summed E-state index contributed by atoms with van der Waals surface area (Å²) in [4.78, 5) is 0. The Morgan fingerprint density at radius 2 is 1.95 bits per heavy atom. The molecular formula is C17H33NO. The van der Waals surface area contributed by atoms with Gasteiger partial charge in [0.15, 0.2) is 0 Å². The molecule has 2 aliphatic carbocycles. The molecular weight excluding hydrogens is 234 g/mol. The monoisotopic (exact) mass is 267 g/mol. The minimum Gasteiger partial charge on any atom is -0.373 e. The predicted molar refractivity (Wildman–Crippen MR) is 81.3 cm³/mol. The zero-order valence-electron chi connectivity index (χ0n) is 13.8. The van der Waals surface area contributed by atoms with Crippen LogP contribution >= 0.6 is 0 Å². The number of fused-ring (bicyclic) bond motifs is 2. The van der Waals surface area contributed by atoms with E-state index in [0.717, 1.165) is 12.5 Å². The molecule has 1 N–H and O–H groups in total. The second kappa shape index (κ2) is 5.37. The summed E-state index contributed by atoms with van der Waals surface area (Å²) in [6.07, 6.45) is 6.00. The number of nitrogens with one attached hydrogen (secondary N) is 1. The highest BCUT2D eigenvalue weighted by Crippen LogP contribution is 2.66. The first-order valence-electron chi connectivity index (χ1n) is 8.20. The van der Waals surface area contributed by atoms with E-state index < -0.39 is 0 Å². The van der Waals surface area contributed by atoms with Crippen molar-refractivity contribution in [1.82, 2.24) is 5.32 Å². The summed E-state index contributed by atoms with van der Waals surface area (Å²) < 4.78 is 6.42. The predicted octanol–water partition coefficient (Wildman–Crippen LogP) is 3.99. The Balaban J connectivity index is 1.88. The average molecular weight is 267 g/mol. The molecule has 0 aromatic heterocycles. The molecule has 0 heterocycles. The number of ether oxygens (including phenoxy) is 1. The van der Waals surface area contributed by atoms with Crippen molar-refractivity contribution in [2.24, 2.45) is 16.7 Å². The first-order valence-corrected chi connectivity index (χ1v) is 8.20. The van der Waals surface area contributed by atoms with E-state index in [1.54, 1.807) is 0 Å². The van der Waals surface area contributed by atoms with Gasteiger partial charge in [0.25, 0.3) is 0 Å². The van der Waals surface area contributed by atoms with Gasteiger partial charge in [-0.25, -0.2) is 0 Å². The van der Waals surface area contributed by atoms with E-state index in [0.29, 0.717) is 29.1 Å². The molecule has 0 aromatic carbocycles. The lowest BCUT2D eigenvalue weighted by Crippen LogP contribution is -2.41. The van der Waals surface area contributed by atoms with Gasteiger partial charge in [-0.1, -0.05) is 27.7 Å². The summed E-state index contributed by atoms with van der Waals surface area (Å²) in [5, 5.41) is 3.56. The molecule has 2 bridgehead atoms. The lowest BCUT2D eigenvalue weighted by molar-refractivity contribution is -0.0795. The van der Waals surface area contributed by atoms with E-state index in [4.69, 9.17) is 4.74 Å². The van der Waals surface area contributed by atoms with Gasteiger partial charge < -0.3 is 10.1 Å². The molecule has 0 spiro atoms. The first kappa shape index (κ1) is 15.3. The zero-order chi connectivity index (χ0) is 14.3. The molecule has 2 saturated carbocycles. The molecule has 2 aliphatic rings. The quantitative estimate of drug-likeness (QED) is 0.785. The van der Waals surface area contributed by atoms with Gasteiger partial charge in [-0.05, 0) is 56.3 Å². The zero-order valence-corrected chi connectivity index (χ0v) is 13.8. The van der Waals surface area contributed by atoms with E-state index in [9.17, 15) is 0 Å². The molecule has 0 radical (unpaired) electrons. The standard InChI is InChI=1S/C17H33NO/c1-7-12(2)18-11-13(3)19-15-10-14-8-9-17(15,6)16(14,4)5/h12-15,18H,7-11H2,1-6H3. The fraction of sp³-hybridized carbons (Fsp3) is 1.00. The van der Waals surface area contributed by atoms with Crippen molar-refractivity contribution in [3.05, 3.63) is 0 Å². The van der Waals surface area contributed by atoms with Gasteiger partial charge in [0, 0.05) is 12.6 Å². The fourth-order valence-electron chi connectivity index (χ4n) is 4.18. The lowest BCUT2D eigenvalue weighted by atomic mass is 9.70. The molecule has 0 saturated heterocycles. The van der Waals surface area contributed by atoms with Crippen LogP contribution < -0.4 is 5.32 Å². The lowest BCUT2D eigenvalue weighted by Gasteiger charge is -2.40. The molecule has 5 atom stereocenters. The topological polar surface area (TPSA) is 21.3 Å². The molecule has 2 fully saturated rings. The molecule has 19 heavy (non-hydrogen) atoms. The summed E-state index contributed by atoms with van der Waals surface area (Å²) in [6.45, 7) is 15.0. The van der Waals surface area contributed by atoms with E-state index in [2.05, 4.69) is 46.9 Å². The van der Waals surface area contributed by atoms with E-state index in [1.165, 1.54) is 25.7 Å². The van der Waals surface area contributed by atoms with Crippen LogP contribution in [0.25, 0.3) is 0 Å². The van der Waals surface area contributed by atoms with Crippen molar-refractivity contribution < 1.29 is 4.74 Å². The van der Waals surface area contributed by atoms with Crippen molar-refractivity contribution in [3.8, 4) is 0 Å². The van der Waals surface area contributed by atoms with Crippen molar-refractivity contribution in [2.45, 2.75) is 85.5 Å². The van der Waals surface area contributed by atoms with E-state index in [1.807, 2.05) is 0 Å². The van der Waals surface area contributed by atoms with Crippen LogP contribution in [0.5, 0.6) is 0 Å². The largest absolute Gasteiger partial charge is 0.373 e. The van der Waals surface area contributed by atoms with Gasteiger partial charge in [0.05, 0.1) is 12.2 Å². The third-order valence-corrected chi connectivity index (χ3v) is 6.48. The normalized spacial score (nSPS) is 39.5. The molecule has 0 aliphatic heterocycles. The number of hydrogen-bond donors (Lipinski definition) is 1. The summed E-state index contributed by atoms with van der Waals surface area (Å²) in [5.74, 6) is 0.872. The maximum absolute atomic E-state index is 6.42. The maximum Gasteiger partial charge on any atom is 0.0675 e. The highest BCUT2D eigenvalue weighted by atomic mass is 16.5. The van der Waals surface area contributed by atoms with Crippen LogP contribution in [0.15, 0.2) is 0 Å². The van der Waals surface area contributed by atoms with Crippen LogP contribution in [0.3, 0.4) is 0 Å². The molecule has 2 heteroatoms. The van der Waals surface area contributed by atoms with E-state index in [-0.39, 0.29) is 0 Å². The second-order valence-corrected chi connectivity index (χ2v) is 7.76. The highest BCUT2D eigenvalue weighted by molar-refractivity contribution is 5.11. The Bertz CT molecular complexity index is 314. The van der Waals surface area contributed by atoms with Gasteiger partial charge >= 0.3 is 0 Å². The fourth-order valence-corrected chi connectivity index (χ4v) is 4.18. The Hall–Kier alpha value is -0.0800. The molecule has 0 aromatic rings. The highest BCUT2D eigenvalue weighted by Gasteiger charge is 2.62. The van der Waals surface area contributed by atoms with Crippen molar-refractivity contribution in [2.75, 3.05) is 6.54 Å². The third kappa shape index (κ3) is 2.58. The first-order chi connectivity index (χ1) is 8.81. The Morgan fingerprint density at radius 3 is 2.42 bits per heavy atom. The van der Waals surface area contributed by atoms with Crippen molar-refractivity contribution in [1.29, 1.82) is 0 Å². The van der Waals surface area contributed by atoms with Crippen LogP contribution in [0.1, 0.15) is 67.2 Å². The summed E-state index contributed by atoms with van der Waals surface area (Å²) >= 11 is 0. The van der Waals surface area contributed by atoms with Gasteiger partial charge in [0.2, 0.25) is 0 Å². The summed E-state index contributed by atoms with van der Waals surface area (Å²) in [7, 11) is 0. The molecule has 112 valence electrons. The van der Waals surface area contributed by atoms with Crippen molar-refractivity contribution >= 4 is 0 Å². The van der Waals surface area contributed by atoms with Crippen LogP contribution in [-0.2, 0) is 4.74 Å². The minimum absolute atomic E-state index is 0.325. The number of hydrogen-bond acceptors (Lipinski definition) is 2. The van der Waals surface area contributed by atoms with Crippen LogP contribution in [0, 0.1) is 16.7 Å². The Morgan fingerprint density at radius 1 is 1.26 bits per heavy atom. The summed E-state index contributed by atoms with van der Waals surface area (Å²) in [5.41, 5.74) is 0.851. The molecule has 2 nitrogen and oxygen atoms in total. The summed E-state index contributed by atoms with van der Waals surface area (Å²) in [6, 6.07) is 0.595. The van der Waals surface area contributed by atoms with Crippen LogP contribution in [-0.4, -0.2) is 24.8 Å². The SMILES string of the molecule is CCC(C)NCC(C)OC1CC2CCC1(C)C2(C)C. The van der Waals surface area contributed by atoms with E-state index >= 15 is 0 Å². The Kier molecular flexibility index (Phi) is 4.32. The van der Waals surface area contributed by atoms with Crippen LogP contribution in [0.2, 0.25) is 0 Å². The number of rotatable bonds is 6. The third-order valence-electron chi connectivity index (χ3n) is 6.48. The second-order valence-electron chi connectivity index (χ2n) is 7.76. The Labute approximate surface area is 119 Å². The maximum atomic E-state index is 6.42. The smallest absolute Gasteiger partial charge is 0.0675 e. The molecule has 2 rings (SSSR count). The average Bonchev–Trinajstić information content (AvgIpc) is 2.69. The molecule has 0 amide bonds. The minimum atomic E-state index is 0.325.